The number of benzene rings is 3. The van der Waals surface area contributed by atoms with Gasteiger partial charge in [0.25, 0.3) is 11.5 Å². The number of ether oxygens (including phenoxy) is 1. The molecule has 46 heavy (non-hydrogen) atoms. The molecule has 2 aromatic heterocycles. The molecule has 10 nitrogen and oxygen atoms in total. The first-order chi connectivity index (χ1) is 22.2. The van der Waals surface area contributed by atoms with Crippen LogP contribution in [0.3, 0.4) is 0 Å². The van der Waals surface area contributed by atoms with E-state index in [1.807, 2.05) is 31.2 Å². The maximum Gasteiger partial charge on any atom is 0.354 e. The van der Waals surface area contributed by atoms with Crippen molar-refractivity contribution in [2.24, 2.45) is 5.73 Å². The van der Waals surface area contributed by atoms with Crippen molar-refractivity contribution in [3.8, 4) is 11.5 Å². The molecule has 0 unspecified atom stereocenters. The highest BCUT2D eigenvalue weighted by Gasteiger charge is 2.23. The van der Waals surface area contributed by atoms with Crippen LogP contribution in [-0.4, -0.2) is 48.4 Å². The molecule has 2 heterocycles. The number of hydrogen-bond donors (Lipinski definition) is 4. The molecule has 0 atom stereocenters. The van der Waals surface area contributed by atoms with E-state index in [2.05, 4.69) is 10.6 Å². The summed E-state index contributed by atoms with van der Waals surface area (Å²) >= 11 is 7.08. The molecular formula is C34H35ClN4O6S. The third kappa shape index (κ3) is 7.91. The number of amides is 1. The van der Waals surface area contributed by atoms with E-state index in [0.29, 0.717) is 39.7 Å². The number of rotatable bonds is 14. The lowest BCUT2D eigenvalue weighted by Gasteiger charge is -2.16. The predicted octanol–water partition coefficient (Wildman–Crippen LogP) is 4.80. The van der Waals surface area contributed by atoms with Crippen LogP contribution in [0.4, 0.5) is 0 Å². The molecule has 3 aromatic carbocycles. The molecule has 0 radical (unpaired) electrons. The molecule has 12 heteroatoms. The van der Waals surface area contributed by atoms with Gasteiger partial charge in [-0.1, -0.05) is 59.3 Å². The van der Waals surface area contributed by atoms with Crippen molar-refractivity contribution in [3.63, 3.8) is 0 Å². The van der Waals surface area contributed by atoms with Crippen LogP contribution < -0.4 is 32.3 Å². The highest BCUT2D eigenvalue weighted by atomic mass is 35.5. The van der Waals surface area contributed by atoms with Crippen LogP contribution in [0.2, 0.25) is 5.02 Å². The summed E-state index contributed by atoms with van der Waals surface area (Å²) in [7, 11) is 0. The van der Waals surface area contributed by atoms with Crippen molar-refractivity contribution in [2.75, 3.05) is 32.8 Å². The van der Waals surface area contributed by atoms with Crippen LogP contribution in [0.15, 0.2) is 90.5 Å². The van der Waals surface area contributed by atoms with Crippen LogP contribution in [0.1, 0.15) is 24.0 Å². The molecule has 0 spiro atoms. The topological polar surface area (TPSA) is 149 Å². The number of carbonyl (C=O) groups excluding carboxylic acids is 1. The van der Waals surface area contributed by atoms with Crippen LogP contribution in [0.25, 0.3) is 21.9 Å². The quantitative estimate of drug-likeness (QED) is 0.0972. The second-order valence-corrected chi connectivity index (χ2v) is 12.3. The predicted molar refractivity (Wildman–Crippen MR) is 181 cm³/mol. The summed E-state index contributed by atoms with van der Waals surface area (Å²) < 4.78 is 13.0. The fraction of sp³-hybridized carbons (Fsp3) is 0.265. The highest BCUT2D eigenvalue weighted by molar-refractivity contribution is 7.99. The first-order valence-corrected chi connectivity index (χ1v) is 16.1. The summed E-state index contributed by atoms with van der Waals surface area (Å²) in [6, 6.07) is 19.4. The Kier molecular flexibility index (Phi) is 11.0. The Morgan fingerprint density at radius 1 is 1.04 bits per heavy atom. The van der Waals surface area contributed by atoms with Crippen LogP contribution >= 0.6 is 23.4 Å². The van der Waals surface area contributed by atoms with Gasteiger partial charge in [0.1, 0.15) is 16.0 Å². The SMILES string of the molecule is Cc1ccc(Cn2c(=O)c3c(O)c(Sc4cccc(Cl)c4)c(=O)oc3c3ccc(OCC(=O)NCCCNCCCN)cc32)cc1. The van der Waals surface area contributed by atoms with Gasteiger partial charge in [0.05, 0.1) is 12.1 Å². The minimum absolute atomic E-state index is 0.0394. The van der Waals surface area contributed by atoms with Crippen LogP contribution in [0.5, 0.6) is 11.5 Å². The standard InChI is InChI=1S/C34H35ClN4O6S/c1-21-7-9-22(10-8-21)19-39-27-18-24(44-20-28(40)38-16-4-15-37-14-3-13-36)11-12-26(27)31-29(33(39)42)30(41)32(34(43)45-31)46-25-6-2-5-23(35)17-25/h2,5-12,17-18,37,41H,3-4,13-16,19-20,36H2,1H3,(H,38,40). The number of halogens is 1. The lowest BCUT2D eigenvalue weighted by molar-refractivity contribution is -0.123. The Morgan fingerprint density at radius 3 is 2.59 bits per heavy atom. The van der Waals surface area contributed by atoms with Gasteiger partial charge in [0, 0.05) is 27.9 Å². The smallest absolute Gasteiger partial charge is 0.354 e. The zero-order valence-electron chi connectivity index (χ0n) is 25.3. The Balaban J connectivity index is 1.48. The molecule has 0 saturated heterocycles. The molecule has 240 valence electrons. The monoisotopic (exact) mass is 662 g/mol. The number of nitrogens with two attached hydrogens (primary N) is 1. The summed E-state index contributed by atoms with van der Waals surface area (Å²) in [6.45, 7) is 4.66. The number of nitrogens with one attached hydrogen (secondary N) is 2. The second-order valence-electron chi connectivity index (χ2n) is 10.8. The van der Waals surface area contributed by atoms with E-state index in [9.17, 15) is 19.5 Å². The third-order valence-electron chi connectivity index (χ3n) is 7.28. The van der Waals surface area contributed by atoms with Crippen LogP contribution in [-0.2, 0) is 11.3 Å². The summed E-state index contributed by atoms with van der Waals surface area (Å²) in [5, 5.41) is 18.2. The zero-order valence-corrected chi connectivity index (χ0v) is 26.9. The first-order valence-electron chi connectivity index (χ1n) is 14.9. The maximum atomic E-state index is 14.1. The third-order valence-corrected chi connectivity index (χ3v) is 8.57. The molecule has 1 amide bonds. The van der Waals surface area contributed by atoms with Gasteiger partial charge in [0.15, 0.2) is 17.9 Å². The van der Waals surface area contributed by atoms with Gasteiger partial charge in [-0.3, -0.25) is 9.59 Å². The van der Waals surface area contributed by atoms with Crippen molar-refractivity contribution in [2.45, 2.75) is 36.1 Å². The zero-order chi connectivity index (χ0) is 32.6. The van der Waals surface area contributed by atoms with E-state index >= 15 is 0 Å². The van der Waals surface area contributed by atoms with E-state index in [1.54, 1.807) is 42.5 Å². The van der Waals surface area contributed by atoms with Gasteiger partial charge in [-0.05, 0) is 75.3 Å². The number of nitrogens with zero attached hydrogens (tertiary/aromatic N) is 1. The van der Waals surface area contributed by atoms with Gasteiger partial charge in [0.2, 0.25) is 0 Å². The Bertz CT molecular complexity index is 1980. The fourth-order valence-corrected chi connectivity index (χ4v) is 6.07. The fourth-order valence-electron chi connectivity index (χ4n) is 4.92. The molecule has 0 bridgehead atoms. The van der Waals surface area contributed by atoms with E-state index < -0.39 is 16.9 Å². The van der Waals surface area contributed by atoms with Gasteiger partial charge >= 0.3 is 5.63 Å². The van der Waals surface area contributed by atoms with E-state index in [1.165, 1.54) is 4.57 Å². The van der Waals surface area contributed by atoms with E-state index in [0.717, 1.165) is 48.8 Å². The summed E-state index contributed by atoms with van der Waals surface area (Å²) in [4.78, 5) is 40.2. The summed E-state index contributed by atoms with van der Waals surface area (Å²) in [5.41, 5.74) is 6.44. The lowest BCUT2D eigenvalue weighted by Crippen LogP contribution is -2.31. The number of hydrogen-bond acceptors (Lipinski definition) is 9. The maximum absolute atomic E-state index is 14.1. The van der Waals surface area contributed by atoms with Crippen molar-refractivity contribution in [1.82, 2.24) is 15.2 Å². The largest absolute Gasteiger partial charge is 0.505 e. The molecule has 5 N–H and O–H groups in total. The van der Waals surface area contributed by atoms with Gasteiger partial charge < -0.3 is 35.2 Å². The second kappa shape index (κ2) is 15.3. The summed E-state index contributed by atoms with van der Waals surface area (Å²) in [6.07, 6.45) is 1.67. The highest BCUT2D eigenvalue weighted by Crippen LogP contribution is 2.38. The Labute approximate surface area is 274 Å². The van der Waals surface area contributed by atoms with E-state index in [4.69, 9.17) is 26.5 Å². The number of fused-ring (bicyclic) bond motifs is 3. The molecule has 0 aliphatic heterocycles. The van der Waals surface area contributed by atoms with Crippen molar-refractivity contribution in [3.05, 3.63) is 104 Å². The Morgan fingerprint density at radius 2 is 1.83 bits per heavy atom. The molecule has 0 fully saturated rings. The number of aromatic hydroxyl groups is 1. The lowest BCUT2D eigenvalue weighted by atomic mass is 10.1. The summed E-state index contributed by atoms with van der Waals surface area (Å²) in [5.74, 6) is -0.396. The number of pyridine rings is 1. The van der Waals surface area contributed by atoms with E-state index in [-0.39, 0.29) is 34.9 Å². The molecule has 5 aromatic rings. The minimum atomic E-state index is -0.793. The van der Waals surface area contributed by atoms with Gasteiger partial charge in [-0.25, -0.2) is 4.79 Å². The normalized spacial score (nSPS) is 11.3. The first kappa shape index (κ1) is 33.1. The van der Waals surface area contributed by atoms with Crippen molar-refractivity contribution < 1.29 is 19.1 Å². The van der Waals surface area contributed by atoms with Crippen molar-refractivity contribution in [1.29, 1.82) is 0 Å². The molecular weight excluding hydrogens is 628 g/mol. The average molecular weight is 663 g/mol. The van der Waals surface area contributed by atoms with Gasteiger partial charge in [-0.2, -0.15) is 0 Å². The average Bonchev–Trinajstić information content (AvgIpc) is 3.04. The molecule has 0 aliphatic carbocycles. The van der Waals surface area contributed by atoms with Gasteiger partial charge in [-0.15, -0.1) is 0 Å². The van der Waals surface area contributed by atoms with Crippen molar-refractivity contribution >= 4 is 51.1 Å². The number of aryl methyl sites for hydroxylation is 1. The Hall–Kier alpha value is -4.29. The number of carbonyl (C=O) groups is 1. The minimum Gasteiger partial charge on any atom is -0.505 e. The van der Waals surface area contributed by atoms with Crippen LogP contribution in [0, 0.1) is 6.92 Å². The molecule has 0 aliphatic rings. The molecule has 0 saturated carbocycles. The number of aromatic nitrogens is 1. The molecule has 5 rings (SSSR count).